The van der Waals surface area contributed by atoms with E-state index < -0.39 is 0 Å². The molecule has 0 atom stereocenters. The molecule has 1 aromatic carbocycles. The lowest BCUT2D eigenvalue weighted by molar-refractivity contribution is 0.297. The number of benzene rings is 1. The second-order valence-corrected chi connectivity index (χ2v) is 5.82. The number of ether oxygens (including phenoxy) is 1. The lowest BCUT2D eigenvalue weighted by Gasteiger charge is -2.13. The summed E-state index contributed by atoms with van der Waals surface area (Å²) in [4.78, 5) is 4.26. The van der Waals surface area contributed by atoms with Crippen LogP contribution in [-0.4, -0.2) is 11.5 Å². The van der Waals surface area contributed by atoms with Gasteiger partial charge >= 0.3 is 0 Å². The van der Waals surface area contributed by atoms with Crippen LogP contribution in [0.1, 0.15) is 25.1 Å². The first-order valence-corrected chi connectivity index (χ1v) is 7.55. The fraction of sp³-hybridized carbons (Fsp3) is 0.353. The number of hydrogen-bond acceptors (Lipinski definition) is 3. The molecule has 0 aliphatic rings. The molecule has 3 nitrogen and oxygen atoms in total. The van der Waals surface area contributed by atoms with Gasteiger partial charge in [0, 0.05) is 23.3 Å². The van der Waals surface area contributed by atoms with E-state index in [0.717, 1.165) is 35.1 Å². The van der Waals surface area contributed by atoms with Gasteiger partial charge in [0.15, 0.2) is 0 Å². The number of aromatic nitrogens is 1. The van der Waals surface area contributed by atoms with Gasteiger partial charge in [-0.05, 0) is 42.8 Å². The van der Waals surface area contributed by atoms with Crippen molar-refractivity contribution in [3.05, 3.63) is 58.9 Å². The highest BCUT2D eigenvalue weighted by atomic mass is 35.5. The summed E-state index contributed by atoms with van der Waals surface area (Å²) in [5.74, 6) is 1.46. The zero-order valence-electron chi connectivity index (χ0n) is 12.5. The predicted molar refractivity (Wildman–Crippen MR) is 86.6 cm³/mol. The Labute approximate surface area is 131 Å². The van der Waals surface area contributed by atoms with Crippen molar-refractivity contribution < 1.29 is 4.74 Å². The average molecular weight is 305 g/mol. The zero-order chi connectivity index (χ0) is 15.1. The largest absolute Gasteiger partial charge is 0.487 e. The van der Waals surface area contributed by atoms with E-state index >= 15 is 0 Å². The molecule has 21 heavy (non-hydrogen) atoms. The van der Waals surface area contributed by atoms with Crippen LogP contribution in [0.4, 0.5) is 0 Å². The maximum absolute atomic E-state index is 6.08. The van der Waals surface area contributed by atoms with Crippen LogP contribution in [0.15, 0.2) is 42.6 Å². The SMILES string of the molecule is CC(C)CNCc1cc(Cl)ccc1OCc1ccccn1. The molecule has 0 bridgehead atoms. The third kappa shape index (κ3) is 5.37. The maximum atomic E-state index is 6.08. The Morgan fingerprint density at radius 1 is 1.24 bits per heavy atom. The van der Waals surface area contributed by atoms with Crippen molar-refractivity contribution in [3.63, 3.8) is 0 Å². The van der Waals surface area contributed by atoms with Gasteiger partial charge in [0.2, 0.25) is 0 Å². The molecule has 0 aliphatic heterocycles. The van der Waals surface area contributed by atoms with Gasteiger partial charge in [-0.3, -0.25) is 4.98 Å². The van der Waals surface area contributed by atoms with Crippen molar-refractivity contribution in [2.45, 2.75) is 27.0 Å². The van der Waals surface area contributed by atoms with Gasteiger partial charge in [-0.15, -0.1) is 0 Å². The normalized spacial score (nSPS) is 10.9. The molecule has 0 radical (unpaired) electrons. The molecule has 0 aliphatic carbocycles. The molecule has 0 fully saturated rings. The minimum Gasteiger partial charge on any atom is -0.487 e. The highest BCUT2D eigenvalue weighted by molar-refractivity contribution is 6.30. The van der Waals surface area contributed by atoms with E-state index in [1.54, 1.807) is 6.20 Å². The first kappa shape index (κ1) is 15.8. The number of pyridine rings is 1. The molecular weight excluding hydrogens is 284 g/mol. The van der Waals surface area contributed by atoms with E-state index in [1.807, 2.05) is 36.4 Å². The molecule has 0 saturated heterocycles. The number of hydrogen-bond donors (Lipinski definition) is 1. The third-order valence-electron chi connectivity index (χ3n) is 2.99. The minimum absolute atomic E-state index is 0.458. The Kier molecular flexibility index (Phi) is 6.03. The van der Waals surface area contributed by atoms with Crippen LogP contribution in [-0.2, 0) is 13.2 Å². The molecule has 1 aromatic heterocycles. The molecule has 4 heteroatoms. The van der Waals surface area contributed by atoms with Crippen LogP contribution in [0.5, 0.6) is 5.75 Å². The maximum Gasteiger partial charge on any atom is 0.130 e. The summed E-state index contributed by atoms with van der Waals surface area (Å²) in [6, 6.07) is 11.5. The third-order valence-corrected chi connectivity index (χ3v) is 3.23. The number of halogens is 1. The van der Waals surface area contributed by atoms with E-state index in [0.29, 0.717) is 12.5 Å². The van der Waals surface area contributed by atoms with Gasteiger partial charge in [0.25, 0.3) is 0 Å². The average Bonchev–Trinajstić information content (AvgIpc) is 2.47. The molecule has 0 saturated carbocycles. The van der Waals surface area contributed by atoms with Crippen molar-refractivity contribution >= 4 is 11.6 Å². The molecule has 1 heterocycles. The summed E-state index contributed by atoms with van der Waals surface area (Å²) in [7, 11) is 0. The number of nitrogens with zero attached hydrogens (tertiary/aromatic N) is 1. The lowest BCUT2D eigenvalue weighted by atomic mass is 10.2. The van der Waals surface area contributed by atoms with Gasteiger partial charge in [0.05, 0.1) is 5.69 Å². The van der Waals surface area contributed by atoms with Crippen LogP contribution in [0.3, 0.4) is 0 Å². The quantitative estimate of drug-likeness (QED) is 0.837. The minimum atomic E-state index is 0.458. The predicted octanol–water partition coefficient (Wildman–Crippen LogP) is 4.06. The monoisotopic (exact) mass is 304 g/mol. The molecule has 2 aromatic rings. The second-order valence-electron chi connectivity index (χ2n) is 5.39. The van der Waals surface area contributed by atoms with Crippen molar-refractivity contribution in [1.29, 1.82) is 0 Å². The standard InChI is InChI=1S/C17H21ClN2O/c1-13(2)10-19-11-14-9-15(18)6-7-17(14)21-12-16-5-3-4-8-20-16/h3-9,13,19H,10-12H2,1-2H3. The molecule has 2 rings (SSSR count). The summed E-state index contributed by atoms with van der Waals surface area (Å²) in [5, 5.41) is 4.14. The second kappa shape index (κ2) is 8.01. The summed E-state index contributed by atoms with van der Waals surface area (Å²) in [6.07, 6.45) is 1.77. The topological polar surface area (TPSA) is 34.1 Å². The first-order chi connectivity index (χ1) is 10.1. The van der Waals surface area contributed by atoms with Crippen molar-refractivity contribution in [2.75, 3.05) is 6.54 Å². The Morgan fingerprint density at radius 3 is 2.81 bits per heavy atom. The van der Waals surface area contributed by atoms with Gasteiger partial charge < -0.3 is 10.1 Å². The van der Waals surface area contributed by atoms with E-state index in [2.05, 4.69) is 24.1 Å². The van der Waals surface area contributed by atoms with E-state index in [1.165, 1.54) is 0 Å². The van der Waals surface area contributed by atoms with Crippen LogP contribution < -0.4 is 10.1 Å². The molecular formula is C17H21ClN2O. The fourth-order valence-corrected chi connectivity index (χ4v) is 2.15. The highest BCUT2D eigenvalue weighted by Crippen LogP contribution is 2.23. The molecule has 112 valence electrons. The first-order valence-electron chi connectivity index (χ1n) is 7.17. The Balaban J connectivity index is 2.00. The smallest absolute Gasteiger partial charge is 0.130 e. The van der Waals surface area contributed by atoms with Crippen molar-refractivity contribution in [2.24, 2.45) is 5.92 Å². The van der Waals surface area contributed by atoms with Gasteiger partial charge in [0.1, 0.15) is 12.4 Å². The number of rotatable bonds is 7. The summed E-state index contributed by atoms with van der Waals surface area (Å²) in [6.45, 7) is 6.54. The van der Waals surface area contributed by atoms with Gasteiger partial charge in [-0.1, -0.05) is 31.5 Å². The molecule has 0 unspecified atom stereocenters. The highest BCUT2D eigenvalue weighted by Gasteiger charge is 2.06. The van der Waals surface area contributed by atoms with Gasteiger partial charge in [-0.2, -0.15) is 0 Å². The number of nitrogens with one attached hydrogen (secondary N) is 1. The Morgan fingerprint density at radius 2 is 2.10 bits per heavy atom. The van der Waals surface area contributed by atoms with Crippen LogP contribution >= 0.6 is 11.6 Å². The van der Waals surface area contributed by atoms with Gasteiger partial charge in [-0.25, -0.2) is 0 Å². The van der Waals surface area contributed by atoms with Crippen LogP contribution in [0, 0.1) is 5.92 Å². The Bertz CT molecular complexity index is 558. The summed E-state index contributed by atoms with van der Waals surface area (Å²) < 4.78 is 5.87. The van der Waals surface area contributed by atoms with E-state index in [9.17, 15) is 0 Å². The zero-order valence-corrected chi connectivity index (χ0v) is 13.2. The Hall–Kier alpha value is -1.58. The fourth-order valence-electron chi connectivity index (χ4n) is 1.96. The molecule has 0 spiro atoms. The van der Waals surface area contributed by atoms with Crippen molar-refractivity contribution in [1.82, 2.24) is 10.3 Å². The molecule has 1 N–H and O–H groups in total. The van der Waals surface area contributed by atoms with E-state index in [-0.39, 0.29) is 0 Å². The van der Waals surface area contributed by atoms with Crippen LogP contribution in [0.2, 0.25) is 5.02 Å². The van der Waals surface area contributed by atoms with E-state index in [4.69, 9.17) is 16.3 Å². The lowest BCUT2D eigenvalue weighted by Crippen LogP contribution is -2.19. The van der Waals surface area contributed by atoms with Crippen LogP contribution in [0.25, 0.3) is 0 Å². The summed E-state index contributed by atoms with van der Waals surface area (Å²) in [5.41, 5.74) is 1.98. The summed E-state index contributed by atoms with van der Waals surface area (Å²) >= 11 is 6.08. The molecule has 0 amide bonds. The van der Waals surface area contributed by atoms with Crippen molar-refractivity contribution in [3.8, 4) is 5.75 Å².